The summed E-state index contributed by atoms with van der Waals surface area (Å²) in [5.41, 5.74) is 0.619. The van der Waals surface area contributed by atoms with Crippen molar-refractivity contribution >= 4 is 17.6 Å². The predicted molar refractivity (Wildman–Crippen MR) is 65.5 cm³/mol. The van der Waals surface area contributed by atoms with Crippen LogP contribution < -0.4 is 0 Å². The first kappa shape index (κ1) is 11.8. The Balaban J connectivity index is 2.01. The van der Waals surface area contributed by atoms with Crippen molar-refractivity contribution < 1.29 is 19.5 Å². The van der Waals surface area contributed by atoms with Crippen LogP contribution in [0.4, 0.5) is 0 Å². The van der Waals surface area contributed by atoms with Gasteiger partial charge in [-0.15, -0.1) is 0 Å². The van der Waals surface area contributed by atoms with Gasteiger partial charge in [0.05, 0.1) is 17.2 Å². The Kier molecular flexibility index (Phi) is 2.57. The molecule has 0 aromatic heterocycles. The molecule has 1 aromatic rings. The van der Waals surface area contributed by atoms with E-state index in [1.165, 1.54) is 12.2 Å². The minimum absolute atomic E-state index is 0.0564. The zero-order valence-corrected chi connectivity index (χ0v) is 9.95. The Morgan fingerprint density at radius 1 is 1.05 bits per heavy atom. The van der Waals surface area contributed by atoms with Crippen molar-refractivity contribution in [3.8, 4) is 0 Å². The highest BCUT2D eigenvalue weighted by Gasteiger charge is 2.43. The maximum Gasteiger partial charge on any atom is 0.262 e. The number of carbonyl (C=O) groups is 3. The summed E-state index contributed by atoms with van der Waals surface area (Å²) in [6.07, 6.45) is 1.84. The van der Waals surface area contributed by atoms with Gasteiger partial charge in [0.1, 0.15) is 6.04 Å². The molecule has 19 heavy (non-hydrogen) atoms. The summed E-state index contributed by atoms with van der Waals surface area (Å²) in [6.45, 7) is 0. The molecular weight excluding hydrogens is 246 g/mol. The van der Waals surface area contributed by atoms with Crippen LogP contribution in [-0.4, -0.2) is 39.7 Å². The molecule has 96 valence electrons. The third-order valence-corrected chi connectivity index (χ3v) is 3.41. The summed E-state index contributed by atoms with van der Waals surface area (Å²) < 4.78 is 0. The van der Waals surface area contributed by atoms with E-state index in [1.807, 2.05) is 0 Å². The van der Waals surface area contributed by atoms with Crippen molar-refractivity contribution in [3.05, 3.63) is 47.5 Å². The Bertz CT molecular complexity index is 585. The van der Waals surface area contributed by atoms with Crippen molar-refractivity contribution in [2.75, 3.05) is 0 Å². The zero-order valence-electron chi connectivity index (χ0n) is 9.95. The van der Waals surface area contributed by atoms with Gasteiger partial charge in [0.15, 0.2) is 5.78 Å². The lowest BCUT2D eigenvalue weighted by Crippen LogP contribution is -2.47. The quantitative estimate of drug-likeness (QED) is 0.745. The number of ketones is 1. The van der Waals surface area contributed by atoms with E-state index in [0.717, 1.165) is 4.90 Å². The van der Waals surface area contributed by atoms with Crippen LogP contribution in [0, 0.1) is 0 Å². The highest BCUT2D eigenvalue weighted by Crippen LogP contribution is 2.27. The third-order valence-electron chi connectivity index (χ3n) is 3.41. The van der Waals surface area contributed by atoms with Gasteiger partial charge < -0.3 is 5.11 Å². The van der Waals surface area contributed by atoms with Gasteiger partial charge in [-0.05, 0) is 18.2 Å². The average molecular weight is 257 g/mol. The van der Waals surface area contributed by atoms with Gasteiger partial charge in [-0.1, -0.05) is 18.2 Å². The molecular formula is C14H11NO4. The molecule has 1 aliphatic heterocycles. The first-order chi connectivity index (χ1) is 9.09. The molecule has 0 radical (unpaired) electrons. The lowest BCUT2D eigenvalue weighted by atomic mass is 9.97. The monoisotopic (exact) mass is 257 g/mol. The van der Waals surface area contributed by atoms with Gasteiger partial charge in [-0.3, -0.25) is 19.3 Å². The number of imide groups is 1. The van der Waals surface area contributed by atoms with Crippen LogP contribution in [0.3, 0.4) is 0 Å². The van der Waals surface area contributed by atoms with Crippen molar-refractivity contribution in [1.82, 2.24) is 4.90 Å². The number of aliphatic hydroxyl groups is 1. The van der Waals surface area contributed by atoms with Crippen molar-refractivity contribution in [1.29, 1.82) is 0 Å². The van der Waals surface area contributed by atoms with Gasteiger partial charge in [-0.2, -0.15) is 0 Å². The fourth-order valence-corrected chi connectivity index (χ4v) is 2.46. The summed E-state index contributed by atoms with van der Waals surface area (Å²) in [5, 5.41) is 9.56. The van der Waals surface area contributed by atoms with Crippen LogP contribution in [0.1, 0.15) is 27.1 Å². The number of rotatable bonds is 1. The maximum absolute atomic E-state index is 12.2. The van der Waals surface area contributed by atoms with Crippen LogP contribution in [0.5, 0.6) is 0 Å². The molecule has 0 bridgehead atoms. The predicted octanol–water partition coefficient (Wildman–Crippen LogP) is 0.541. The number of carbonyl (C=O) groups excluding carboxylic acids is 3. The van der Waals surface area contributed by atoms with E-state index in [4.69, 9.17) is 0 Å². The fraction of sp³-hybridized carbons (Fsp3) is 0.214. The average Bonchev–Trinajstić information content (AvgIpc) is 2.66. The molecule has 1 aliphatic carbocycles. The molecule has 1 N–H and O–H groups in total. The lowest BCUT2D eigenvalue weighted by Gasteiger charge is -2.27. The number of benzene rings is 1. The molecule has 1 aromatic carbocycles. The molecule has 0 saturated carbocycles. The van der Waals surface area contributed by atoms with E-state index in [1.54, 1.807) is 24.3 Å². The molecule has 2 aliphatic rings. The van der Waals surface area contributed by atoms with E-state index >= 15 is 0 Å². The molecule has 5 nitrogen and oxygen atoms in total. The molecule has 0 fully saturated rings. The number of hydrogen-bond acceptors (Lipinski definition) is 4. The van der Waals surface area contributed by atoms with Crippen molar-refractivity contribution in [2.45, 2.75) is 18.6 Å². The van der Waals surface area contributed by atoms with Gasteiger partial charge in [0.2, 0.25) is 0 Å². The van der Waals surface area contributed by atoms with Crippen LogP contribution in [-0.2, 0) is 4.79 Å². The zero-order chi connectivity index (χ0) is 13.6. The summed E-state index contributed by atoms with van der Waals surface area (Å²) in [5.74, 6) is -1.28. The second-order valence-electron chi connectivity index (χ2n) is 4.61. The Labute approximate surface area is 109 Å². The molecule has 1 heterocycles. The highest BCUT2D eigenvalue weighted by molar-refractivity contribution is 6.23. The van der Waals surface area contributed by atoms with E-state index in [-0.39, 0.29) is 12.2 Å². The van der Waals surface area contributed by atoms with Crippen LogP contribution >= 0.6 is 0 Å². The molecule has 3 rings (SSSR count). The van der Waals surface area contributed by atoms with Crippen molar-refractivity contribution in [2.24, 2.45) is 0 Å². The number of fused-ring (bicyclic) bond motifs is 1. The molecule has 0 unspecified atom stereocenters. The Morgan fingerprint density at radius 2 is 1.63 bits per heavy atom. The lowest BCUT2D eigenvalue weighted by molar-refractivity contribution is -0.119. The second kappa shape index (κ2) is 4.13. The fourth-order valence-electron chi connectivity index (χ4n) is 2.46. The van der Waals surface area contributed by atoms with Gasteiger partial charge in [0.25, 0.3) is 11.8 Å². The first-order valence-electron chi connectivity index (χ1n) is 5.96. The molecule has 2 atom stereocenters. The van der Waals surface area contributed by atoms with E-state index in [2.05, 4.69) is 0 Å². The molecule has 5 heteroatoms. The van der Waals surface area contributed by atoms with Gasteiger partial charge in [0, 0.05) is 6.42 Å². The van der Waals surface area contributed by atoms with Gasteiger partial charge in [-0.25, -0.2) is 0 Å². The SMILES string of the molecule is O=C1C=C[C@@H](O)C[C@@H]1N1C(=O)c2ccccc2C1=O. The van der Waals surface area contributed by atoms with E-state index < -0.39 is 24.0 Å². The molecule has 2 amide bonds. The topological polar surface area (TPSA) is 74.7 Å². The highest BCUT2D eigenvalue weighted by atomic mass is 16.3. The largest absolute Gasteiger partial charge is 0.389 e. The minimum Gasteiger partial charge on any atom is -0.389 e. The Hall–Kier alpha value is -2.27. The smallest absolute Gasteiger partial charge is 0.262 e. The second-order valence-corrected chi connectivity index (χ2v) is 4.61. The van der Waals surface area contributed by atoms with E-state index in [9.17, 15) is 19.5 Å². The van der Waals surface area contributed by atoms with Gasteiger partial charge >= 0.3 is 0 Å². The minimum atomic E-state index is -0.910. The van der Waals surface area contributed by atoms with Crippen LogP contribution in [0.2, 0.25) is 0 Å². The van der Waals surface area contributed by atoms with Crippen LogP contribution in [0.15, 0.2) is 36.4 Å². The number of hydrogen-bond donors (Lipinski definition) is 1. The third kappa shape index (κ3) is 1.70. The number of amides is 2. The summed E-state index contributed by atoms with van der Waals surface area (Å²) >= 11 is 0. The summed E-state index contributed by atoms with van der Waals surface area (Å²) in [4.78, 5) is 37.2. The maximum atomic E-state index is 12.2. The molecule has 0 saturated heterocycles. The van der Waals surface area contributed by atoms with Crippen molar-refractivity contribution in [3.63, 3.8) is 0 Å². The number of aliphatic hydroxyl groups excluding tert-OH is 1. The van der Waals surface area contributed by atoms with Crippen LogP contribution in [0.25, 0.3) is 0 Å². The first-order valence-corrected chi connectivity index (χ1v) is 5.96. The normalized spacial score (nSPS) is 25.9. The summed E-state index contributed by atoms with van der Waals surface area (Å²) in [7, 11) is 0. The van der Waals surface area contributed by atoms with E-state index in [0.29, 0.717) is 11.1 Å². The summed E-state index contributed by atoms with van der Waals surface area (Å²) in [6, 6.07) is 5.56. The Morgan fingerprint density at radius 3 is 2.21 bits per heavy atom. The standard InChI is InChI=1S/C14H11NO4/c16-8-5-6-12(17)11(7-8)15-13(18)9-3-1-2-4-10(9)14(15)19/h1-6,8,11,16H,7H2/t8-,11+/m1/s1. The number of nitrogens with zero attached hydrogens (tertiary/aromatic N) is 1. The molecule has 0 spiro atoms.